The third-order valence-electron chi connectivity index (χ3n) is 1.94. The zero-order valence-electron chi connectivity index (χ0n) is 7.39. The van der Waals surface area contributed by atoms with Gasteiger partial charge in [0.05, 0.1) is 5.71 Å². The van der Waals surface area contributed by atoms with E-state index in [4.69, 9.17) is 0 Å². The second-order valence-electron chi connectivity index (χ2n) is 3.05. The lowest BCUT2D eigenvalue weighted by molar-refractivity contribution is 0.627. The highest BCUT2D eigenvalue weighted by Crippen LogP contribution is 2.09. The minimum Gasteiger partial charge on any atom is -0.254 e. The van der Waals surface area contributed by atoms with Crippen LogP contribution in [0.1, 0.15) is 5.56 Å². The van der Waals surface area contributed by atoms with Crippen molar-refractivity contribution in [1.82, 2.24) is 0 Å². The van der Waals surface area contributed by atoms with Gasteiger partial charge in [-0.15, -0.1) is 12.6 Å². The van der Waals surface area contributed by atoms with Gasteiger partial charge in [0.1, 0.15) is 5.82 Å². The standard InChI is InChI=1S/C10H9FN2S/c11-8-3-1-7(2-4-8)5-9-6-12-10(14)13-9/h1-4,6,10,14H,5H2. The van der Waals surface area contributed by atoms with Gasteiger partial charge >= 0.3 is 0 Å². The van der Waals surface area contributed by atoms with Crippen molar-refractivity contribution < 1.29 is 4.39 Å². The van der Waals surface area contributed by atoms with Gasteiger partial charge < -0.3 is 0 Å². The molecule has 0 radical (unpaired) electrons. The molecular weight excluding hydrogens is 199 g/mol. The van der Waals surface area contributed by atoms with E-state index in [1.807, 2.05) is 0 Å². The fourth-order valence-electron chi connectivity index (χ4n) is 1.27. The Labute approximate surface area is 87.0 Å². The number of aliphatic imine (C=N–C) groups is 2. The Morgan fingerprint density at radius 3 is 2.57 bits per heavy atom. The number of hydrogen-bond acceptors (Lipinski definition) is 3. The van der Waals surface area contributed by atoms with Crippen LogP contribution < -0.4 is 0 Å². The minimum absolute atomic E-state index is 0.220. The summed E-state index contributed by atoms with van der Waals surface area (Å²) in [6.45, 7) is 0. The number of benzene rings is 1. The van der Waals surface area contributed by atoms with E-state index in [0.717, 1.165) is 11.3 Å². The molecule has 0 N–H and O–H groups in total. The predicted molar refractivity (Wildman–Crippen MR) is 58.8 cm³/mol. The lowest BCUT2D eigenvalue weighted by Crippen LogP contribution is -2.01. The summed E-state index contributed by atoms with van der Waals surface area (Å²) in [5, 5.41) is 0. The highest BCUT2D eigenvalue weighted by Gasteiger charge is 2.07. The van der Waals surface area contributed by atoms with Crippen LogP contribution in [0.25, 0.3) is 0 Å². The van der Waals surface area contributed by atoms with Gasteiger partial charge in [0.25, 0.3) is 0 Å². The van der Waals surface area contributed by atoms with Gasteiger partial charge in [-0.25, -0.2) is 4.39 Å². The molecule has 1 aromatic carbocycles. The van der Waals surface area contributed by atoms with Gasteiger partial charge in [-0.1, -0.05) is 12.1 Å². The summed E-state index contributed by atoms with van der Waals surface area (Å²) in [4.78, 5) is 8.16. The molecule has 4 heteroatoms. The van der Waals surface area contributed by atoms with Crippen molar-refractivity contribution in [3.8, 4) is 0 Å². The largest absolute Gasteiger partial charge is 0.254 e. The van der Waals surface area contributed by atoms with Crippen LogP contribution >= 0.6 is 12.6 Å². The van der Waals surface area contributed by atoms with Gasteiger partial charge in [0.15, 0.2) is 5.50 Å². The molecule has 1 atom stereocenters. The topological polar surface area (TPSA) is 24.7 Å². The molecule has 1 aliphatic rings. The van der Waals surface area contributed by atoms with Crippen LogP contribution in [0.15, 0.2) is 34.3 Å². The maximum atomic E-state index is 12.6. The molecule has 72 valence electrons. The Balaban J connectivity index is 2.08. The van der Waals surface area contributed by atoms with Crippen molar-refractivity contribution >= 4 is 24.6 Å². The van der Waals surface area contributed by atoms with E-state index < -0.39 is 0 Å². The third kappa shape index (κ3) is 2.20. The summed E-state index contributed by atoms with van der Waals surface area (Å²) in [5.74, 6) is -0.220. The molecule has 2 nitrogen and oxygen atoms in total. The highest BCUT2D eigenvalue weighted by atomic mass is 32.1. The first-order valence-corrected chi connectivity index (χ1v) is 4.78. The van der Waals surface area contributed by atoms with Crippen molar-refractivity contribution in [2.45, 2.75) is 11.9 Å². The first kappa shape index (κ1) is 9.40. The normalized spacial score (nSPS) is 19.9. The van der Waals surface area contributed by atoms with Crippen molar-refractivity contribution in [3.05, 3.63) is 35.6 Å². The summed E-state index contributed by atoms with van der Waals surface area (Å²) < 4.78 is 12.6. The van der Waals surface area contributed by atoms with Crippen LogP contribution in [0, 0.1) is 5.82 Å². The molecule has 14 heavy (non-hydrogen) atoms. The summed E-state index contributed by atoms with van der Waals surface area (Å²) in [7, 11) is 0. The van der Waals surface area contributed by atoms with E-state index in [2.05, 4.69) is 22.6 Å². The second kappa shape index (κ2) is 3.92. The van der Waals surface area contributed by atoms with Crippen molar-refractivity contribution in [2.24, 2.45) is 9.98 Å². The first-order valence-electron chi connectivity index (χ1n) is 4.26. The lowest BCUT2D eigenvalue weighted by atomic mass is 10.1. The Hall–Kier alpha value is -1.16. The van der Waals surface area contributed by atoms with Gasteiger partial charge in [-0.3, -0.25) is 9.98 Å². The predicted octanol–water partition coefficient (Wildman–Crippen LogP) is 2.11. The molecule has 0 fully saturated rings. The molecule has 0 saturated carbocycles. The smallest absolute Gasteiger partial charge is 0.184 e. The van der Waals surface area contributed by atoms with E-state index in [1.165, 1.54) is 12.1 Å². The SMILES string of the molecule is Fc1ccc(CC2=NC(S)N=C2)cc1. The molecular formula is C10H9FN2S. The molecule has 0 aliphatic carbocycles. The van der Waals surface area contributed by atoms with Crippen molar-refractivity contribution in [1.29, 1.82) is 0 Å². The van der Waals surface area contributed by atoms with Crippen LogP contribution in [0.3, 0.4) is 0 Å². The number of nitrogens with zero attached hydrogens (tertiary/aromatic N) is 2. The molecule has 0 spiro atoms. The molecule has 1 heterocycles. The molecule has 0 bridgehead atoms. The highest BCUT2D eigenvalue weighted by molar-refractivity contribution is 7.80. The Morgan fingerprint density at radius 2 is 2.00 bits per heavy atom. The van der Waals surface area contributed by atoms with E-state index >= 15 is 0 Å². The molecule has 1 aliphatic heterocycles. The maximum Gasteiger partial charge on any atom is 0.184 e. The van der Waals surface area contributed by atoms with Crippen LogP contribution in [0.4, 0.5) is 4.39 Å². The van der Waals surface area contributed by atoms with Gasteiger partial charge in [-0.2, -0.15) is 0 Å². The molecule has 1 aromatic rings. The Kier molecular flexibility index (Phi) is 2.63. The summed E-state index contributed by atoms with van der Waals surface area (Å²) >= 11 is 4.09. The van der Waals surface area contributed by atoms with Crippen molar-refractivity contribution in [2.75, 3.05) is 0 Å². The third-order valence-corrected chi connectivity index (χ3v) is 2.19. The molecule has 0 amide bonds. The first-order chi connectivity index (χ1) is 6.74. The molecule has 2 rings (SSSR count). The average molecular weight is 208 g/mol. The van der Waals surface area contributed by atoms with Crippen LogP contribution in [0.5, 0.6) is 0 Å². The summed E-state index contributed by atoms with van der Waals surface area (Å²) in [5.41, 5.74) is 1.65. The van der Waals surface area contributed by atoms with Crippen LogP contribution in [-0.4, -0.2) is 17.4 Å². The van der Waals surface area contributed by atoms with Crippen molar-refractivity contribution in [3.63, 3.8) is 0 Å². The second-order valence-corrected chi connectivity index (χ2v) is 3.51. The number of thiol groups is 1. The average Bonchev–Trinajstić information content (AvgIpc) is 2.56. The van der Waals surface area contributed by atoms with Crippen LogP contribution in [-0.2, 0) is 6.42 Å². The van der Waals surface area contributed by atoms with Gasteiger partial charge in [0, 0.05) is 12.6 Å². The van der Waals surface area contributed by atoms with E-state index in [0.29, 0.717) is 6.42 Å². The van der Waals surface area contributed by atoms with E-state index in [1.54, 1.807) is 18.3 Å². The van der Waals surface area contributed by atoms with Gasteiger partial charge in [-0.05, 0) is 17.7 Å². The fourth-order valence-corrected chi connectivity index (χ4v) is 1.49. The summed E-state index contributed by atoms with van der Waals surface area (Å²) in [6, 6.07) is 6.38. The zero-order valence-corrected chi connectivity index (χ0v) is 8.29. The van der Waals surface area contributed by atoms with E-state index in [9.17, 15) is 4.39 Å². The molecule has 1 unspecified atom stereocenters. The number of rotatable bonds is 2. The summed E-state index contributed by atoms with van der Waals surface area (Å²) in [6.07, 6.45) is 2.39. The molecule has 0 saturated heterocycles. The Morgan fingerprint density at radius 1 is 1.29 bits per heavy atom. The zero-order chi connectivity index (χ0) is 9.97. The fraction of sp³-hybridized carbons (Fsp3) is 0.200. The lowest BCUT2D eigenvalue weighted by Gasteiger charge is -1.98. The van der Waals surface area contributed by atoms with E-state index in [-0.39, 0.29) is 11.3 Å². The van der Waals surface area contributed by atoms with Gasteiger partial charge in [0.2, 0.25) is 0 Å². The quantitative estimate of drug-likeness (QED) is 0.720. The number of hydrogen-bond donors (Lipinski definition) is 1. The Bertz CT molecular complexity index is 384. The minimum atomic E-state index is -0.259. The molecule has 0 aromatic heterocycles. The monoisotopic (exact) mass is 208 g/mol. The number of halogens is 1. The van der Waals surface area contributed by atoms with Crippen LogP contribution in [0.2, 0.25) is 0 Å². The maximum absolute atomic E-state index is 12.6.